The summed E-state index contributed by atoms with van der Waals surface area (Å²) >= 11 is 0. The summed E-state index contributed by atoms with van der Waals surface area (Å²) in [5.41, 5.74) is 1.58. The van der Waals surface area contributed by atoms with Gasteiger partial charge in [0.05, 0.1) is 9.68 Å². The van der Waals surface area contributed by atoms with Crippen LogP contribution in [0.1, 0.15) is 13.8 Å². The smallest absolute Gasteiger partial charge is 0.0924 e. The fourth-order valence-electron chi connectivity index (χ4n) is 1.03. The fourth-order valence-corrected chi connectivity index (χ4v) is 5.61. The van der Waals surface area contributed by atoms with Gasteiger partial charge < -0.3 is 4.57 Å². The summed E-state index contributed by atoms with van der Waals surface area (Å²) < 4.78 is 2.65. The van der Waals surface area contributed by atoms with Crippen LogP contribution < -0.4 is 0 Å². The van der Waals surface area contributed by atoms with E-state index in [9.17, 15) is 0 Å². The Morgan fingerprint density at radius 1 is 1.09 bits per heavy atom. The van der Waals surface area contributed by atoms with Gasteiger partial charge in [-0.25, -0.2) is 0 Å². The lowest BCUT2D eigenvalue weighted by Gasteiger charge is -2.22. The molecule has 0 aliphatic rings. The van der Waals surface area contributed by atoms with Crippen LogP contribution in [-0.4, -0.2) is 35.4 Å². The van der Waals surface area contributed by atoms with E-state index < -0.39 is 8.07 Å². The van der Waals surface area contributed by atoms with Gasteiger partial charge in [0.2, 0.25) is 0 Å². The highest BCUT2D eigenvalue weighted by Gasteiger charge is 2.13. The maximum Gasteiger partial charge on any atom is 0.0924 e. The number of hydrogen-bond donors (Lipinski definition) is 0. The highest BCUT2D eigenvalue weighted by molar-refractivity contribution is 6.82. The summed E-state index contributed by atoms with van der Waals surface area (Å²) in [7, 11) is -0.616. The summed E-state index contributed by atoms with van der Waals surface area (Å²) in [5.74, 6) is 0. The van der Waals surface area contributed by atoms with Gasteiger partial charge in [-0.1, -0.05) is 39.2 Å². The van der Waals surface area contributed by atoms with Gasteiger partial charge in [-0.2, -0.15) is 0 Å². The second-order valence-corrected chi connectivity index (χ2v) is 12.8. The third-order valence-corrected chi connectivity index (χ3v) is 10.5. The molecule has 11 heavy (non-hydrogen) atoms. The van der Waals surface area contributed by atoms with Gasteiger partial charge in [0.15, 0.2) is 0 Å². The molecule has 0 aromatic rings. The minimum atomic E-state index is -0.732. The van der Waals surface area contributed by atoms with Crippen LogP contribution in [0, 0.1) is 0 Å². The first-order valence-electron chi connectivity index (χ1n) is 4.72. The Bertz CT molecular complexity index is 94.8. The first kappa shape index (κ1) is 11.4. The van der Waals surface area contributed by atoms with E-state index in [4.69, 9.17) is 0 Å². The lowest BCUT2D eigenvalue weighted by Crippen LogP contribution is -2.33. The minimum absolute atomic E-state index is 0.116. The van der Waals surface area contributed by atoms with Crippen LogP contribution in [0.4, 0.5) is 0 Å². The van der Waals surface area contributed by atoms with E-state index in [1.807, 2.05) is 0 Å². The molecule has 0 aliphatic heterocycles. The second kappa shape index (κ2) is 5.11. The molecule has 0 fully saturated rings. The van der Waals surface area contributed by atoms with Crippen molar-refractivity contribution in [2.75, 3.05) is 13.1 Å². The van der Waals surface area contributed by atoms with Gasteiger partial charge in [-0.15, -0.1) is 0 Å². The fraction of sp³-hybridized carbons (Fsp3) is 1.00. The van der Waals surface area contributed by atoms with Crippen molar-refractivity contribution in [3.8, 4) is 0 Å². The first-order valence-corrected chi connectivity index (χ1v) is 10.1. The molecule has 0 bridgehead atoms. The van der Waals surface area contributed by atoms with Crippen molar-refractivity contribution < 1.29 is 0 Å². The average molecular weight is 189 g/mol. The zero-order chi connectivity index (χ0) is 8.91. The molecule has 0 saturated carbocycles. The van der Waals surface area contributed by atoms with Crippen LogP contribution in [0.5, 0.6) is 0 Å². The summed E-state index contributed by atoms with van der Waals surface area (Å²) in [6.07, 6.45) is 0. The highest BCUT2D eigenvalue weighted by atomic mass is 28.4. The van der Waals surface area contributed by atoms with E-state index in [1.54, 1.807) is 5.67 Å². The van der Waals surface area contributed by atoms with E-state index in [-0.39, 0.29) is 9.68 Å². The Labute approximate surface area is 75.1 Å². The molecule has 0 amide bonds. The van der Waals surface area contributed by atoms with E-state index in [0.29, 0.717) is 0 Å². The normalized spacial score (nSPS) is 13.6. The predicted octanol–water partition coefficient (Wildman–Crippen LogP) is 1.71. The van der Waals surface area contributed by atoms with E-state index in [1.165, 1.54) is 13.1 Å². The molecule has 0 aromatic carbocycles. The predicted molar refractivity (Wildman–Crippen MR) is 59.6 cm³/mol. The zero-order valence-corrected chi connectivity index (χ0v) is 11.2. The third kappa shape index (κ3) is 6.78. The van der Waals surface area contributed by atoms with Gasteiger partial charge >= 0.3 is 0 Å². The van der Waals surface area contributed by atoms with E-state index in [0.717, 1.165) is 0 Å². The van der Waals surface area contributed by atoms with Crippen molar-refractivity contribution in [2.45, 2.75) is 39.2 Å². The van der Waals surface area contributed by atoms with Gasteiger partial charge in [0.25, 0.3) is 0 Å². The molecule has 0 N–H and O–H groups in total. The standard InChI is InChI=1S/C8H23NSi2/c1-6-9(7-2)10-8-11(3,4)5/h6-8,10H2,1-5H3. The SMILES string of the molecule is CCN(CC)[SiH2]C[Si](C)(C)C. The van der Waals surface area contributed by atoms with E-state index in [2.05, 4.69) is 38.1 Å². The summed E-state index contributed by atoms with van der Waals surface area (Å²) in [6, 6.07) is 0. The largest absolute Gasteiger partial charge is 0.330 e. The minimum Gasteiger partial charge on any atom is -0.330 e. The summed E-state index contributed by atoms with van der Waals surface area (Å²) in [4.78, 5) is 0. The quantitative estimate of drug-likeness (QED) is 0.595. The molecule has 0 spiro atoms. The number of rotatable bonds is 5. The van der Waals surface area contributed by atoms with Crippen LogP contribution in [0.3, 0.4) is 0 Å². The summed E-state index contributed by atoms with van der Waals surface area (Å²) in [5, 5.41) is 0. The molecule has 0 atom stereocenters. The Morgan fingerprint density at radius 2 is 1.55 bits per heavy atom. The summed E-state index contributed by atoms with van der Waals surface area (Å²) in [6.45, 7) is 14.5. The van der Waals surface area contributed by atoms with Crippen molar-refractivity contribution >= 4 is 17.8 Å². The van der Waals surface area contributed by atoms with Crippen molar-refractivity contribution in [2.24, 2.45) is 0 Å². The van der Waals surface area contributed by atoms with Crippen molar-refractivity contribution in [1.82, 2.24) is 4.57 Å². The first-order chi connectivity index (χ1) is 4.99. The van der Waals surface area contributed by atoms with Crippen LogP contribution in [0.25, 0.3) is 0 Å². The van der Waals surface area contributed by atoms with Crippen molar-refractivity contribution in [1.29, 1.82) is 0 Å². The molecular formula is C8H23NSi2. The second-order valence-electron chi connectivity index (χ2n) is 4.34. The Hall–Kier alpha value is 0.394. The molecule has 0 unspecified atom stereocenters. The van der Waals surface area contributed by atoms with E-state index >= 15 is 0 Å². The molecule has 3 heteroatoms. The molecule has 0 aliphatic carbocycles. The number of hydrogen-bond acceptors (Lipinski definition) is 1. The Morgan fingerprint density at radius 3 is 1.82 bits per heavy atom. The Kier molecular flexibility index (Phi) is 5.30. The average Bonchev–Trinajstić information content (AvgIpc) is 1.88. The monoisotopic (exact) mass is 189 g/mol. The topological polar surface area (TPSA) is 3.24 Å². The molecule has 0 heterocycles. The van der Waals surface area contributed by atoms with Gasteiger partial charge in [0, 0.05) is 8.07 Å². The van der Waals surface area contributed by atoms with Crippen molar-refractivity contribution in [3.63, 3.8) is 0 Å². The lowest BCUT2D eigenvalue weighted by atomic mass is 10.7. The van der Waals surface area contributed by atoms with Crippen LogP contribution in [-0.2, 0) is 0 Å². The van der Waals surface area contributed by atoms with Crippen molar-refractivity contribution in [3.05, 3.63) is 0 Å². The maximum atomic E-state index is 2.65. The van der Waals surface area contributed by atoms with Gasteiger partial charge in [-0.3, -0.25) is 0 Å². The zero-order valence-electron chi connectivity index (χ0n) is 8.78. The number of nitrogens with zero attached hydrogens (tertiary/aromatic N) is 1. The molecule has 68 valence electrons. The lowest BCUT2D eigenvalue weighted by molar-refractivity contribution is 0.494. The molecular weight excluding hydrogens is 166 g/mol. The molecule has 0 rings (SSSR count). The highest BCUT2D eigenvalue weighted by Crippen LogP contribution is 2.06. The third-order valence-electron chi connectivity index (χ3n) is 2.07. The Balaban J connectivity index is 3.51. The van der Waals surface area contributed by atoms with Gasteiger partial charge in [-0.05, 0) is 13.1 Å². The maximum absolute atomic E-state index is 2.65. The van der Waals surface area contributed by atoms with Crippen LogP contribution in [0.15, 0.2) is 0 Å². The van der Waals surface area contributed by atoms with Gasteiger partial charge in [0.1, 0.15) is 0 Å². The molecule has 0 saturated heterocycles. The molecule has 0 radical (unpaired) electrons. The van der Waals surface area contributed by atoms with Crippen LogP contribution >= 0.6 is 0 Å². The molecule has 0 aromatic heterocycles. The van der Waals surface area contributed by atoms with Crippen LogP contribution in [0.2, 0.25) is 25.3 Å². The molecule has 1 nitrogen and oxygen atoms in total.